The summed E-state index contributed by atoms with van der Waals surface area (Å²) in [7, 11) is 0. The molecule has 0 aromatic rings. The van der Waals surface area contributed by atoms with Crippen LogP contribution in [0.4, 0.5) is 0 Å². The van der Waals surface area contributed by atoms with Crippen LogP contribution in [0, 0.1) is 11.8 Å². The Bertz CT molecular complexity index is 147. The molecular formula is C13H26O. The highest BCUT2D eigenvalue weighted by Gasteiger charge is 2.28. The Morgan fingerprint density at radius 2 is 1.71 bits per heavy atom. The van der Waals surface area contributed by atoms with E-state index in [-0.39, 0.29) is 0 Å². The maximum atomic E-state index is 6.00. The van der Waals surface area contributed by atoms with Crippen LogP contribution in [0.15, 0.2) is 0 Å². The topological polar surface area (TPSA) is 9.23 Å². The summed E-state index contributed by atoms with van der Waals surface area (Å²) in [5.41, 5.74) is 0. The fraction of sp³-hybridized carbons (Fsp3) is 1.00. The van der Waals surface area contributed by atoms with Crippen LogP contribution in [0.5, 0.6) is 0 Å². The summed E-state index contributed by atoms with van der Waals surface area (Å²) in [4.78, 5) is 0. The molecule has 0 radical (unpaired) electrons. The minimum atomic E-state index is 0.396. The van der Waals surface area contributed by atoms with Crippen molar-refractivity contribution in [2.45, 2.75) is 72.0 Å². The van der Waals surface area contributed by atoms with Gasteiger partial charge in [0.1, 0.15) is 0 Å². The van der Waals surface area contributed by atoms with Gasteiger partial charge in [-0.2, -0.15) is 0 Å². The maximum Gasteiger partial charge on any atom is 0.0606 e. The van der Waals surface area contributed by atoms with Crippen molar-refractivity contribution in [2.24, 2.45) is 11.8 Å². The van der Waals surface area contributed by atoms with Gasteiger partial charge in [-0.15, -0.1) is 0 Å². The van der Waals surface area contributed by atoms with Gasteiger partial charge in [0.15, 0.2) is 0 Å². The van der Waals surface area contributed by atoms with E-state index >= 15 is 0 Å². The van der Waals surface area contributed by atoms with E-state index in [0.29, 0.717) is 12.2 Å². The Balaban J connectivity index is 2.28. The zero-order valence-corrected chi connectivity index (χ0v) is 10.3. The molecule has 1 aliphatic rings. The van der Waals surface area contributed by atoms with Crippen LogP contribution in [0.3, 0.4) is 0 Å². The molecule has 0 unspecified atom stereocenters. The van der Waals surface area contributed by atoms with E-state index in [1.54, 1.807) is 0 Å². The lowest BCUT2D eigenvalue weighted by Crippen LogP contribution is -2.31. The van der Waals surface area contributed by atoms with E-state index in [0.717, 1.165) is 11.8 Å². The summed E-state index contributed by atoms with van der Waals surface area (Å²) in [6, 6.07) is 0. The van der Waals surface area contributed by atoms with Crippen molar-refractivity contribution in [1.82, 2.24) is 0 Å². The number of hydrogen-bond acceptors (Lipinski definition) is 1. The Morgan fingerprint density at radius 3 is 2.07 bits per heavy atom. The van der Waals surface area contributed by atoms with Gasteiger partial charge in [0.2, 0.25) is 0 Å². The van der Waals surface area contributed by atoms with E-state index in [9.17, 15) is 0 Å². The Hall–Kier alpha value is -0.0400. The molecule has 14 heavy (non-hydrogen) atoms. The first-order chi connectivity index (χ1) is 6.59. The van der Waals surface area contributed by atoms with Gasteiger partial charge >= 0.3 is 0 Å². The molecule has 0 aromatic heterocycles. The molecule has 0 heterocycles. The normalized spacial score (nSPS) is 20.1. The molecule has 0 saturated heterocycles. The van der Waals surface area contributed by atoms with E-state index in [1.165, 1.54) is 32.1 Å². The van der Waals surface area contributed by atoms with Crippen molar-refractivity contribution >= 4 is 0 Å². The molecule has 1 fully saturated rings. The summed E-state index contributed by atoms with van der Waals surface area (Å²) < 4.78 is 6.00. The van der Waals surface area contributed by atoms with Gasteiger partial charge in [0.25, 0.3) is 0 Å². The van der Waals surface area contributed by atoms with Gasteiger partial charge in [-0.3, -0.25) is 0 Å². The Labute approximate surface area is 89.2 Å². The van der Waals surface area contributed by atoms with Crippen LogP contribution in [-0.2, 0) is 4.74 Å². The van der Waals surface area contributed by atoms with Crippen molar-refractivity contribution in [3.05, 3.63) is 0 Å². The lowest BCUT2D eigenvalue weighted by Gasteiger charge is -2.35. The summed E-state index contributed by atoms with van der Waals surface area (Å²) in [5.74, 6) is 1.68. The second kappa shape index (κ2) is 5.75. The molecule has 0 N–H and O–H groups in total. The summed E-state index contributed by atoms with van der Waals surface area (Å²) >= 11 is 0. The van der Waals surface area contributed by atoms with Crippen LogP contribution in [0.25, 0.3) is 0 Å². The summed E-state index contributed by atoms with van der Waals surface area (Å²) in [6.07, 6.45) is 7.74. The summed E-state index contributed by atoms with van der Waals surface area (Å²) in [6.45, 7) is 8.91. The second-order valence-corrected chi connectivity index (χ2v) is 5.39. The highest BCUT2D eigenvalue weighted by atomic mass is 16.5. The number of ether oxygens (including phenoxy) is 1. The Kier molecular flexibility index (Phi) is 4.94. The minimum absolute atomic E-state index is 0.396. The predicted molar refractivity (Wildman–Crippen MR) is 61.4 cm³/mol. The molecular weight excluding hydrogens is 172 g/mol. The zero-order chi connectivity index (χ0) is 10.6. The molecule has 0 bridgehead atoms. The molecule has 1 rings (SSSR count). The fourth-order valence-electron chi connectivity index (χ4n) is 2.07. The lowest BCUT2D eigenvalue weighted by molar-refractivity contribution is -0.0531. The smallest absolute Gasteiger partial charge is 0.0606 e. The van der Waals surface area contributed by atoms with Gasteiger partial charge in [-0.05, 0) is 51.4 Å². The quantitative estimate of drug-likeness (QED) is 0.626. The lowest BCUT2D eigenvalue weighted by atomic mass is 9.79. The molecule has 1 heteroatoms. The van der Waals surface area contributed by atoms with Crippen LogP contribution in [0.1, 0.15) is 59.8 Å². The van der Waals surface area contributed by atoms with Gasteiger partial charge in [0, 0.05) is 0 Å². The monoisotopic (exact) mass is 198 g/mol. The van der Waals surface area contributed by atoms with Gasteiger partial charge in [0.05, 0.1) is 12.2 Å². The predicted octanol–water partition coefficient (Wildman–Crippen LogP) is 4.02. The van der Waals surface area contributed by atoms with Crippen molar-refractivity contribution in [2.75, 3.05) is 0 Å². The number of rotatable bonds is 6. The van der Waals surface area contributed by atoms with Crippen LogP contribution in [0.2, 0.25) is 0 Å². The molecule has 1 atom stereocenters. The SMILES string of the molecule is CC(C)CC[C@H](OC(C)C)C1CCC1. The third-order valence-corrected chi connectivity index (χ3v) is 3.15. The first kappa shape index (κ1) is 12.0. The van der Waals surface area contributed by atoms with Gasteiger partial charge < -0.3 is 4.74 Å². The molecule has 1 nitrogen and oxygen atoms in total. The van der Waals surface area contributed by atoms with E-state index in [1.807, 2.05) is 0 Å². The van der Waals surface area contributed by atoms with Crippen LogP contribution < -0.4 is 0 Å². The molecule has 84 valence electrons. The van der Waals surface area contributed by atoms with Crippen molar-refractivity contribution < 1.29 is 4.74 Å². The van der Waals surface area contributed by atoms with E-state index < -0.39 is 0 Å². The summed E-state index contributed by atoms with van der Waals surface area (Å²) in [5, 5.41) is 0. The largest absolute Gasteiger partial charge is 0.375 e. The van der Waals surface area contributed by atoms with Gasteiger partial charge in [-0.25, -0.2) is 0 Å². The van der Waals surface area contributed by atoms with Crippen LogP contribution in [-0.4, -0.2) is 12.2 Å². The van der Waals surface area contributed by atoms with E-state index in [4.69, 9.17) is 4.74 Å². The third-order valence-electron chi connectivity index (χ3n) is 3.15. The number of hydrogen-bond donors (Lipinski definition) is 0. The van der Waals surface area contributed by atoms with Crippen molar-refractivity contribution in [1.29, 1.82) is 0 Å². The van der Waals surface area contributed by atoms with Crippen molar-refractivity contribution in [3.8, 4) is 0 Å². The highest BCUT2D eigenvalue weighted by molar-refractivity contribution is 4.79. The molecule has 0 amide bonds. The molecule has 0 spiro atoms. The Morgan fingerprint density at radius 1 is 1.07 bits per heavy atom. The molecule has 0 aromatic carbocycles. The average Bonchev–Trinajstić information content (AvgIpc) is 1.95. The van der Waals surface area contributed by atoms with Crippen LogP contribution >= 0.6 is 0 Å². The second-order valence-electron chi connectivity index (χ2n) is 5.39. The highest BCUT2D eigenvalue weighted by Crippen LogP contribution is 2.34. The first-order valence-electron chi connectivity index (χ1n) is 6.25. The van der Waals surface area contributed by atoms with Gasteiger partial charge in [-0.1, -0.05) is 20.3 Å². The standard InChI is InChI=1S/C13H26O/c1-10(2)8-9-13(14-11(3)4)12-6-5-7-12/h10-13H,5-9H2,1-4H3/t13-/m0/s1. The molecule has 0 aliphatic heterocycles. The maximum absolute atomic E-state index is 6.00. The fourth-order valence-corrected chi connectivity index (χ4v) is 2.07. The third kappa shape index (κ3) is 4.00. The minimum Gasteiger partial charge on any atom is -0.375 e. The average molecular weight is 198 g/mol. The zero-order valence-electron chi connectivity index (χ0n) is 10.3. The van der Waals surface area contributed by atoms with Crippen molar-refractivity contribution in [3.63, 3.8) is 0 Å². The molecule has 1 saturated carbocycles. The first-order valence-corrected chi connectivity index (χ1v) is 6.25. The molecule has 1 aliphatic carbocycles. The van der Waals surface area contributed by atoms with E-state index in [2.05, 4.69) is 27.7 Å².